The van der Waals surface area contributed by atoms with Gasteiger partial charge in [-0.1, -0.05) is 18.2 Å². The number of nitrogens with zero attached hydrogens (tertiary/aromatic N) is 2. The van der Waals surface area contributed by atoms with E-state index in [9.17, 15) is 31.1 Å². The van der Waals surface area contributed by atoms with E-state index in [4.69, 9.17) is 4.74 Å². The number of fused-ring (bicyclic) bond motifs is 1. The van der Waals surface area contributed by atoms with E-state index in [-0.39, 0.29) is 28.8 Å². The van der Waals surface area contributed by atoms with Crippen LogP contribution in [0.3, 0.4) is 0 Å². The summed E-state index contributed by atoms with van der Waals surface area (Å²) >= 11 is 0. The lowest BCUT2D eigenvalue weighted by atomic mass is 10.0. The number of methoxy groups -OCH3 is 1. The van der Waals surface area contributed by atoms with Crippen molar-refractivity contribution in [2.75, 3.05) is 7.11 Å². The van der Waals surface area contributed by atoms with Crippen molar-refractivity contribution in [3.8, 4) is 17.0 Å². The summed E-state index contributed by atoms with van der Waals surface area (Å²) in [6.07, 6.45) is -4.99. The molecule has 0 fully saturated rings. The van der Waals surface area contributed by atoms with Crippen molar-refractivity contribution in [3.05, 3.63) is 93.4 Å². The molecule has 4 rings (SSSR count). The first-order valence-corrected chi connectivity index (χ1v) is 9.49. The largest absolute Gasteiger partial charge is 0.494 e. The van der Waals surface area contributed by atoms with E-state index in [2.05, 4.69) is 5.10 Å². The van der Waals surface area contributed by atoms with Gasteiger partial charge in [-0.3, -0.25) is 9.48 Å². The summed E-state index contributed by atoms with van der Waals surface area (Å²) in [5.74, 6) is -3.18. The molecule has 0 atom stereocenters. The molecule has 1 heterocycles. The number of ether oxygens (including phenoxy) is 1. The first-order valence-electron chi connectivity index (χ1n) is 9.49. The molecule has 170 valence electrons. The van der Waals surface area contributed by atoms with Crippen LogP contribution in [0.5, 0.6) is 5.75 Å². The van der Waals surface area contributed by atoms with Gasteiger partial charge in [0.25, 0.3) is 0 Å². The molecule has 1 aromatic heterocycles. The Labute approximate surface area is 182 Å². The van der Waals surface area contributed by atoms with Crippen LogP contribution in [0.1, 0.15) is 11.1 Å². The molecule has 0 unspecified atom stereocenters. The van der Waals surface area contributed by atoms with Crippen molar-refractivity contribution < 1.29 is 31.1 Å². The van der Waals surface area contributed by atoms with E-state index in [1.165, 1.54) is 25.3 Å². The summed E-state index contributed by atoms with van der Waals surface area (Å²) in [6, 6.07) is 9.70. The van der Waals surface area contributed by atoms with Crippen molar-refractivity contribution in [1.82, 2.24) is 9.78 Å². The van der Waals surface area contributed by atoms with Crippen LogP contribution < -0.4 is 10.2 Å². The number of para-hydroxylation sites is 1. The Bertz CT molecular complexity index is 1430. The van der Waals surface area contributed by atoms with E-state index in [1.807, 2.05) is 0 Å². The highest BCUT2D eigenvalue weighted by molar-refractivity contribution is 5.87. The zero-order valence-corrected chi connectivity index (χ0v) is 16.9. The fourth-order valence-electron chi connectivity index (χ4n) is 3.52. The third kappa shape index (κ3) is 4.04. The van der Waals surface area contributed by atoms with Gasteiger partial charge in [-0.15, -0.1) is 0 Å². The van der Waals surface area contributed by atoms with E-state index in [1.54, 1.807) is 0 Å². The minimum atomic E-state index is -4.99. The second-order valence-corrected chi connectivity index (χ2v) is 7.09. The molecule has 0 spiro atoms. The molecule has 0 amide bonds. The van der Waals surface area contributed by atoms with Crippen LogP contribution in [0.2, 0.25) is 0 Å². The van der Waals surface area contributed by atoms with E-state index in [0.29, 0.717) is 12.1 Å². The summed E-state index contributed by atoms with van der Waals surface area (Å²) in [5, 5.41) is 4.05. The highest BCUT2D eigenvalue weighted by Crippen LogP contribution is 2.35. The van der Waals surface area contributed by atoms with Gasteiger partial charge in [0.2, 0.25) is 5.43 Å². The van der Waals surface area contributed by atoms with Crippen LogP contribution in [0, 0.1) is 17.5 Å². The van der Waals surface area contributed by atoms with Gasteiger partial charge in [-0.25, -0.2) is 13.2 Å². The average molecular weight is 464 g/mol. The normalized spacial score (nSPS) is 11.7. The second-order valence-electron chi connectivity index (χ2n) is 7.09. The number of halogens is 6. The SMILES string of the molecule is COc1cccc2c(=O)c(-c3cccc(C(F)(F)F)c3F)nn(Cc3ccc(F)cc3F)c12. The fourth-order valence-corrected chi connectivity index (χ4v) is 3.52. The molecule has 10 heteroatoms. The Morgan fingerprint density at radius 3 is 2.39 bits per heavy atom. The topological polar surface area (TPSA) is 44.1 Å². The van der Waals surface area contributed by atoms with Crippen LogP contribution in [0.25, 0.3) is 22.2 Å². The smallest absolute Gasteiger partial charge is 0.419 e. The second kappa shape index (κ2) is 8.27. The Morgan fingerprint density at radius 2 is 1.73 bits per heavy atom. The van der Waals surface area contributed by atoms with Gasteiger partial charge in [0.15, 0.2) is 0 Å². The van der Waals surface area contributed by atoms with Gasteiger partial charge in [-0.05, 0) is 30.3 Å². The first-order chi connectivity index (χ1) is 15.6. The summed E-state index contributed by atoms with van der Waals surface area (Å²) in [6.45, 7) is -0.336. The monoisotopic (exact) mass is 464 g/mol. The molecule has 4 nitrogen and oxygen atoms in total. The summed E-state index contributed by atoms with van der Waals surface area (Å²) in [5.41, 5.74) is -3.55. The molecular formula is C23H14F6N2O2. The van der Waals surface area contributed by atoms with Crippen LogP contribution in [0.4, 0.5) is 26.3 Å². The van der Waals surface area contributed by atoms with Crippen molar-refractivity contribution in [3.63, 3.8) is 0 Å². The van der Waals surface area contributed by atoms with Gasteiger partial charge in [-0.2, -0.15) is 18.3 Å². The minimum absolute atomic E-state index is 0.0183. The number of rotatable bonds is 4. The molecule has 0 saturated carbocycles. The highest BCUT2D eigenvalue weighted by atomic mass is 19.4. The quantitative estimate of drug-likeness (QED) is 0.372. The molecule has 0 aliphatic rings. The Morgan fingerprint density at radius 1 is 1.00 bits per heavy atom. The first kappa shape index (κ1) is 22.4. The molecule has 0 aliphatic carbocycles. The fraction of sp³-hybridized carbons (Fsp3) is 0.130. The molecule has 0 aliphatic heterocycles. The Hall–Kier alpha value is -3.82. The van der Waals surface area contributed by atoms with Crippen molar-refractivity contribution >= 4 is 10.9 Å². The van der Waals surface area contributed by atoms with Gasteiger partial charge >= 0.3 is 6.18 Å². The molecule has 0 N–H and O–H groups in total. The summed E-state index contributed by atoms with van der Waals surface area (Å²) in [4.78, 5) is 13.1. The van der Waals surface area contributed by atoms with Crippen LogP contribution >= 0.6 is 0 Å². The molecule has 4 aromatic rings. The number of alkyl halides is 3. The number of hydrogen-bond donors (Lipinski definition) is 0. The van der Waals surface area contributed by atoms with Crippen molar-refractivity contribution in [1.29, 1.82) is 0 Å². The Kier molecular flexibility index (Phi) is 5.61. The third-order valence-electron chi connectivity index (χ3n) is 5.05. The van der Waals surface area contributed by atoms with Gasteiger partial charge < -0.3 is 4.74 Å². The Balaban J connectivity index is 2.03. The number of benzene rings is 3. The van der Waals surface area contributed by atoms with E-state index < -0.39 is 45.9 Å². The summed E-state index contributed by atoms with van der Waals surface area (Å²) in [7, 11) is 1.32. The molecular weight excluding hydrogens is 450 g/mol. The lowest BCUT2D eigenvalue weighted by Gasteiger charge is -2.16. The molecule has 3 aromatic carbocycles. The standard InChI is InChI=1S/C23H14F6N2O2/c1-33-18-7-3-5-15-21(18)31(11-12-8-9-13(24)10-17(12)25)30-20(22(15)32)14-4-2-6-16(19(14)26)23(27,28)29/h2-10H,11H2,1H3. The summed E-state index contributed by atoms with van der Waals surface area (Å²) < 4.78 is 88.4. The van der Waals surface area contributed by atoms with Gasteiger partial charge in [0.1, 0.15) is 34.4 Å². The maximum Gasteiger partial charge on any atom is 0.419 e. The molecule has 0 saturated heterocycles. The average Bonchev–Trinajstić information content (AvgIpc) is 2.76. The van der Waals surface area contributed by atoms with E-state index in [0.717, 1.165) is 28.9 Å². The predicted molar refractivity (Wildman–Crippen MR) is 108 cm³/mol. The van der Waals surface area contributed by atoms with Crippen LogP contribution in [0.15, 0.2) is 59.4 Å². The van der Waals surface area contributed by atoms with Crippen molar-refractivity contribution in [2.45, 2.75) is 12.7 Å². The number of hydrogen-bond acceptors (Lipinski definition) is 3. The lowest BCUT2D eigenvalue weighted by molar-refractivity contribution is -0.139. The van der Waals surface area contributed by atoms with Crippen molar-refractivity contribution in [2.24, 2.45) is 0 Å². The molecule has 33 heavy (non-hydrogen) atoms. The lowest BCUT2D eigenvalue weighted by Crippen LogP contribution is -2.19. The number of aromatic nitrogens is 2. The predicted octanol–water partition coefficient (Wildman–Crippen LogP) is 5.56. The van der Waals surface area contributed by atoms with Crippen LogP contribution in [-0.2, 0) is 12.7 Å². The van der Waals surface area contributed by atoms with Crippen LogP contribution in [-0.4, -0.2) is 16.9 Å². The van der Waals surface area contributed by atoms with E-state index >= 15 is 0 Å². The minimum Gasteiger partial charge on any atom is -0.494 e. The maximum atomic E-state index is 14.8. The zero-order chi connectivity index (χ0) is 23.9. The molecule has 0 radical (unpaired) electrons. The maximum absolute atomic E-state index is 14.8. The molecule has 0 bridgehead atoms. The van der Waals surface area contributed by atoms with Gasteiger partial charge in [0, 0.05) is 17.2 Å². The highest BCUT2D eigenvalue weighted by Gasteiger charge is 2.35. The van der Waals surface area contributed by atoms with Gasteiger partial charge in [0.05, 0.1) is 24.6 Å². The third-order valence-corrected chi connectivity index (χ3v) is 5.05. The zero-order valence-electron chi connectivity index (χ0n) is 16.9.